The van der Waals surface area contributed by atoms with Crippen LogP contribution in [0.1, 0.15) is 69.8 Å². The van der Waals surface area contributed by atoms with E-state index in [1.165, 1.54) is 42.0 Å². The highest BCUT2D eigenvalue weighted by Crippen LogP contribution is 2.31. The Kier molecular flexibility index (Phi) is 12.5. The SMILES string of the molecule is C=C1CN(S(=O)(=O)c2ccc(N(C)C)cc2)/C(C)=C\CN(CC2CCCCC2)CCCN(S(=O)(=O)N2CCC(c3ccccc3)CC2)C1. The second-order valence-corrected chi connectivity index (χ2v) is 17.8. The third-order valence-corrected chi connectivity index (χ3v) is 14.1. The van der Waals surface area contributed by atoms with Gasteiger partial charge in [-0.15, -0.1) is 0 Å². The molecule has 5 rings (SSSR count). The van der Waals surface area contributed by atoms with Gasteiger partial charge < -0.3 is 4.90 Å². The van der Waals surface area contributed by atoms with E-state index in [2.05, 4.69) is 23.6 Å². The molecule has 0 radical (unpaired) electrons. The van der Waals surface area contributed by atoms with E-state index in [9.17, 15) is 16.8 Å². The molecule has 3 aliphatic rings. The van der Waals surface area contributed by atoms with Crippen LogP contribution in [0.2, 0.25) is 0 Å². The van der Waals surface area contributed by atoms with Crippen molar-refractivity contribution in [2.24, 2.45) is 5.92 Å². The molecule has 2 heterocycles. The van der Waals surface area contributed by atoms with E-state index in [-0.39, 0.29) is 18.0 Å². The van der Waals surface area contributed by atoms with Crippen molar-refractivity contribution in [3.8, 4) is 0 Å². The molecule has 0 atom stereocenters. The number of nitrogens with zero attached hydrogens (tertiary/aromatic N) is 5. The quantitative estimate of drug-likeness (QED) is 0.319. The molecule has 0 unspecified atom stereocenters. The lowest BCUT2D eigenvalue weighted by molar-refractivity contribution is 0.207. The van der Waals surface area contributed by atoms with Crippen molar-refractivity contribution in [3.05, 3.63) is 84.1 Å². The maximum atomic E-state index is 14.2. The first-order valence-electron chi connectivity index (χ1n) is 17.6. The Morgan fingerprint density at radius 1 is 0.771 bits per heavy atom. The number of anilines is 1. The molecule has 2 fully saturated rings. The maximum Gasteiger partial charge on any atom is 0.282 e. The summed E-state index contributed by atoms with van der Waals surface area (Å²) in [5.41, 5.74) is 3.33. The third kappa shape index (κ3) is 9.09. The molecule has 11 heteroatoms. The minimum atomic E-state index is -3.94. The lowest BCUT2D eigenvalue weighted by Gasteiger charge is -2.36. The van der Waals surface area contributed by atoms with Crippen LogP contribution in [0.3, 0.4) is 0 Å². The molecule has 1 aliphatic carbocycles. The van der Waals surface area contributed by atoms with Crippen molar-refractivity contribution < 1.29 is 16.8 Å². The Morgan fingerprint density at radius 3 is 2.08 bits per heavy atom. The molecule has 0 spiro atoms. The van der Waals surface area contributed by atoms with Gasteiger partial charge >= 0.3 is 0 Å². The van der Waals surface area contributed by atoms with Gasteiger partial charge in [0.25, 0.3) is 20.2 Å². The first kappa shape index (κ1) is 36.6. The number of benzene rings is 2. The first-order valence-corrected chi connectivity index (χ1v) is 20.4. The van der Waals surface area contributed by atoms with Crippen LogP contribution in [-0.2, 0) is 20.2 Å². The van der Waals surface area contributed by atoms with E-state index < -0.39 is 20.2 Å². The minimum absolute atomic E-state index is 0.00479. The Balaban J connectivity index is 1.39. The number of piperidine rings is 1. The Hall–Kier alpha value is -2.70. The van der Waals surface area contributed by atoms with Crippen LogP contribution in [0, 0.1) is 5.92 Å². The van der Waals surface area contributed by atoms with Crippen molar-refractivity contribution in [1.29, 1.82) is 0 Å². The first-order chi connectivity index (χ1) is 22.9. The van der Waals surface area contributed by atoms with E-state index >= 15 is 0 Å². The van der Waals surface area contributed by atoms with Crippen molar-refractivity contribution in [2.45, 2.75) is 69.1 Å². The van der Waals surface area contributed by atoms with Crippen molar-refractivity contribution in [3.63, 3.8) is 0 Å². The van der Waals surface area contributed by atoms with Crippen LogP contribution in [0.15, 0.2) is 83.4 Å². The fourth-order valence-electron chi connectivity index (χ4n) is 7.36. The van der Waals surface area contributed by atoms with Gasteiger partial charge in [0.2, 0.25) is 0 Å². The lowest BCUT2D eigenvalue weighted by atomic mass is 9.89. The highest BCUT2D eigenvalue weighted by molar-refractivity contribution is 7.89. The van der Waals surface area contributed by atoms with Gasteiger partial charge in [-0.1, -0.05) is 62.2 Å². The summed E-state index contributed by atoms with van der Waals surface area (Å²) in [6, 6.07) is 17.2. The Labute approximate surface area is 290 Å². The van der Waals surface area contributed by atoms with Crippen LogP contribution < -0.4 is 4.90 Å². The molecule has 0 aromatic heterocycles. The van der Waals surface area contributed by atoms with Gasteiger partial charge in [-0.25, -0.2) is 8.42 Å². The summed E-state index contributed by atoms with van der Waals surface area (Å²) in [6.45, 7) is 9.75. The smallest absolute Gasteiger partial charge is 0.282 e. The zero-order valence-corrected chi connectivity index (χ0v) is 30.8. The molecular formula is C37H55N5O4S2. The molecule has 1 saturated heterocycles. The monoisotopic (exact) mass is 697 g/mol. The Morgan fingerprint density at radius 2 is 1.44 bits per heavy atom. The molecule has 1 saturated carbocycles. The van der Waals surface area contributed by atoms with E-state index in [1.807, 2.05) is 50.2 Å². The predicted molar refractivity (Wildman–Crippen MR) is 196 cm³/mol. The van der Waals surface area contributed by atoms with E-state index in [0.717, 1.165) is 31.6 Å². The molecular weight excluding hydrogens is 643 g/mol. The van der Waals surface area contributed by atoms with Gasteiger partial charge in [-0.2, -0.15) is 17.0 Å². The third-order valence-electron chi connectivity index (χ3n) is 10.2. The van der Waals surface area contributed by atoms with Gasteiger partial charge in [0.05, 0.1) is 11.4 Å². The molecule has 0 N–H and O–H groups in total. The fraction of sp³-hybridized carbons (Fsp3) is 0.568. The normalized spacial score (nSPS) is 22.4. The number of sulfonamides is 1. The predicted octanol–water partition coefficient (Wildman–Crippen LogP) is 5.92. The van der Waals surface area contributed by atoms with Crippen molar-refractivity contribution in [1.82, 2.24) is 17.8 Å². The average Bonchev–Trinajstić information content (AvgIpc) is 3.09. The molecule has 0 amide bonds. The van der Waals surface area contributed by atoms with Gasteiger partial charge in [0.1, 0.15) is 0 Å². The molecule has 2 aromatic carbocycles. The molecule has 2 aromatic rings. The summed E-state index contributed by atoms with van der Waals surface area (Å²) in [5, 5.41) is 0. The molecule has 9 nitrogen and oxygen atoms in total. The summed E-state index contributed by atoms with van der Waals surface area (Å²) in [6.07, 6.45) is 10.5. The van der Waals surface area contributed by atoms with Gasteiger partial charge in [-0.3, -0.25) is 9.21 Å². The zero-order chi connectivity index (χ0) is 34.3. The van der Waals surface area contributed by atoms with Crippen molar-refractivity contribution in [2.75, 3.05) is 71.4 Å². The van der Waals surface area contributed by atoms with E-state index in [0.29, 0.717) is 55.7 Å². The topological polar surface area (TPSA) is 84.5 Å². The lowest BCUT2D eigenvalue weighted by Crippen LogP contribution is -2.49. The second kappa shape index (κ2) is 16.3. The minimum Gasteiger partial charge on any atom is -0.378 e. The molecule has 0 bridgehead atoms. The standard InChI is InChI=1S/C37H55N5O4S2/c1-31-28-41(48(45,46)40-26-21-35(22-27-40)34-14-9-6-10-15-34)24-11-23-39(30-33-12-7-5-8-13-33)25-20-32(2)42(29-31)47(43,44)37-18-16-36(17-19-37)38(3)4/h6,9-10,14-20,33,35H,1,5,7-8,11-13,21-30H2,2-4H3/b32-20-. The molecule has 48 heavy (non-hydrogen) atoms. The number of hydrogen-bond donors (Lipinski definition) is 0. The van der Waals surface area contributed by atoms with Crippen LogP contribution in [0.4, 0.5) is 5.69 Å². The highest BCUT2D eigenvalue weighted by Gasteiger charge is 2.35. The summed E-state index contributed by atoms with van der Waals surface area (Å²) in [4.78, 5) is 4.52. The van der Waals surface area contributed by atoms with E-state index in [1.54, 1.807) is 32.9 Å². The Bertz CT molecular complexity index is 1600. The second-order valence-electron chi connectivity index (χ2n) is 14.0. The van der Waals surface area contributed by atoms with Crippen LogP contribution in [-0.4, -0.2) is 101 Å². The van der Waals surface area contributed by atoms with E-state index in [4.69, 9.17) is 0 Å². The maximum absolute atomic E-state index is 14.2. The van der Waals surface area contributed by atoms with Crippen LogP contribution >= 0.6 is 0 Å². The van der Waals surface area contributed by atoms with Crippen molar-refractivity contribution >= 4 is 25.9 Å². The summed E-state index contributed by atoms with van der Waals surface area (Å²) in [5.74, 6) is 0.952. The summed E-state index contributed by atoms with van der Waals surface area (Å²) >= 11 is 0. The van der Waals surface area contributed by atoms with Crippen LogP contribution in [0.5, 0.6) is 0 Å². The molecule has 264 valence electrons. The zero-order valence-electron chi connectivity index (χ0n) is 29.1. The highest BCUT2D eigenvalue weighted by atomic mass is 32.2. The fourth-order valence-corrected chi connectivity index (χ4v) is 10.6. The number of allylic oxidation sites excluding steroid dienone is 1. The number of hydrogen-bond acceptors (Lipinski definition) is 6. The van der Waals surface area contributed by atoms with Gasteiger partial charge in [0, 0.05) is 64.7 Å². The summed E-state index contributed by atoms with van der Waals surface area (Å²) < 4.78 is 61.5. The van der Waals surface area contributed by atoms with Gasteiger partial charge in [0.15, 0.2) is 0 Å². The largest absolute Gasteiger partial charge is 0.378 e. The van der Waals surface area contributed by atoms with Crippen LogP contribution in [0.25, 0.3) is 0 Å². The molecule has 2 aliphatic heterocycles. The van der Waals surface area contributed by atoms with Gasteiger partial charge in [-0.05, 0) is 92.8 Å². The average molecular weight is 698 g/mol. The number of rotatable bonds is 8. The summed E-state index contributed by atoms with van der Waals surface area (Å²) in [7, 11) is -3.89.